The van der Waals surface area contributed by atoms with Crippen molar-refractivity contribution in [2.24, 2.45) is 0 Å². The summed E-state index contributed by atoms with van der Waals surface area (Å²) in [4.78, 5) is 2.15. The van der Waals surface area contributed by atoms with E-state index in [4.69, 9.17) is 0 Å². The van der Waals surface area contributed by atoms with Crippen LogP contribution in [0, 0.1) is 0 Å². The fraction of sp³-hybridized carbons (Fsp3) is 0.429. The molecule has 0 aliphatic carbocycles. The molecule has 1 heterocycles. The highest BCUT2D eigenvalue weighted by Crippen LogP contribution is 2.40. The minimum Gasteiger partial charge on any atom is -0.508 e. The van der Waals surface area contributed by atoms with Gasteiger partial charge in [0.1, 0.15) is 5.75 Å². The van der Waals surface area contributed by atoms with E-state index in [1.807, 2.05) is 0 Å². The minimum absolute atomic E-state index is 0. The van der Waals surface area contributed by atoms with Crippen molar-refractivity contribution in [3.05, 3.63) is 36.4 Å². The first-order valence-corrected chi connectivity index (χ1v) is 7.38. The first-order chi connectivity index (χ1) is 9.90. The molecule has 9 heteroatoms. The van der Waals surface area contributed by atoms with Crippen molar-refractivity contribution in [2.75, 3.05) is 26.2 Å². The topological polar surface area (TPSA) is 35.5 Å². The zero-order chi connectivity index (χ0) is 15.5. The van der Waals surface area contributed by atoms with Gasteiger partial charge in [-0.15, -0.1) is 31.4 Å². The SMILES string of the molecule is C=C[C@@H](c1cc(SC(F)(F)F)ccc1O)N1CCNCC1.Cl.Cl. The average molecular weight is 391 g/mol. The van der Waals surface area contributed by atoms with Crippen LogP contribution in [0.25, 0.3) is 0 Å². The van der Waals surface area contributed by atoms with Crippen molar-refractivity contribution in [3.63, 3.8) is 0 Å². The zero-order valence-electron chi connectivity index (χ0n) is 12.2. The van der Waals surface area contributed by atoms with Gasteiger partial charge in [0.05, 0.1) is 6.04 Å². The Hall–Kier alpha value is -0.600. The number of aromatic hydroxyl groups is 1. The standard InChI is InChI=1S/C14H17F3N2OS.2ClH/c1-2-12(19-7-5-18-6-8-19)11-9-10(3-4-13(11)20)21-14(15,16)17;;/h2-4,9,12,18,20H,1,5-8H2;2*1H/t12-;;/m0../s1. The molecule has 0 radical (unpaired) electrons. The zero-order valence-corrected chi connectivity index (χ0v) is 14.6. The molecule has 0 bridgehead atoms. The van der Waals surface area contributed by atoms with Gasteiger partial charge < -0.3 is 10.4 Å². The monoisotopic (exact) mass is 390 g/mol. The summed E-state index contributed by atoms with van der Waals surface area (Å²) in [6.07, 6.45) is 1.66. The third kappa shape index (κ3) is 6.43. The number of nitrogens with one attached hydrogen (secondary N) is 1. The highest BCUT2D eigenvalue weighted by molar-refractivity contribution is 8.00. The lowest BCUT2D eigenvalue weighted by molar-refractivity contribution is -0.0328. The Bertz CT molecular complexity index is 511. The van der Waals surface area contributed by atoms with Gasteiger partial charge in [-0.2, -0.15) is 13.2 Å². The van der Waals surface area contributed by atoms with Crippen molar-refractivity contribution in [1.82, 2.24) is 10.2 Å². The molecule has 1 fully saturated rings. The van der Waals surface area contributed by atoms with Crippen LogP contribution in [0.5, 0.6) is 5.75 Å². The van der Waals surface area contributed by atoms with E-state index in [1.165, 1.54) is 18.2 Å². The van der Waals surface area contributed by atoms with Gasteiger partial charge in [-0.3, -0.25) is 4.90 Å². The van der Waals surface area contributed by atoms with Gasteiger partial charge in [0, 0.05) is 36.6 Å². The summed E-state index contributed by atoms with van der Waals surface area (Å²) in [6.45, 7) is 6.88. The minimum atomic E-state index is -4.34. The van der Waals surface area contributed by atoms with Crippen LogP contribution < -0.4 is 5.32 Å². The number of nitrogens with zero attached hydrogens (tertiary/aromatic N) is 1. The Morgan fingerprint density at radius 2 is 1.87 bits per heavy atom. The van der Waals surface area contributed by atoms with Gasteiger partial charge >= 0.3 is 5.51 Å². The van der Waals surface area contributed by atoms with E-state index in [2.05, 4.69) is 16.8 Å². The first kappa shape index (κ1) is 22.4. The highest BCUT2D eigenvalue weighted by atomic mass is 35.5. The maximum Gasteiger partial charge on any atom is 0.446 e. The number of phenols is 1. The summed E-state index contributed by atoms with van der Waals surface area (Å²) in [5.74, 6) is -0.00930. The molecule has 0 aromatic heterocycles. The first-order valence-electron chi connectivity index (χ1n) is 6.56. The van der Waals surface area contributed by atoms with Crippen LogP contribution in [0.3, 0.4) is 0 Å². The number of rotatable bonds is 4. The molecule has 1 aliphatic heterocycles. The summed E-state index contributed by atoms with van der Waals surface area (Å²) in [7, 11) is 0. The quantitative estimate of drug-likeness (QED) is 0.601. The van der Waals surface area contributed by atoms with Crippen molar-refractivity contribution in [3.8, 4) is 5.75 Å². The van der Waals surface area contributed by atoms with E-state index in [9.17, 15) is 18.3 Å². The predicted octanol–water partition coefficient (Wildman–Crippen LogP) is 3.98. The molecule has 1 aliphatic rings. The number of hydrogen-bond acceptors (Lipinski definition) is 4. The highest BCUT2D eigenvalue weighted by Gasteiger charge is 2.30. The van der Waals surface area contributed by atoms with E-state index in [-0.39, 0.29) is 53.3 Å². The molecule has 0 saturated carbocycles. The Morgan fingerprint density at radius 1 is 1.26 bits per heavy atom. The summed E-state index contributed by atoms with van der Waals surface area (Å²) in [5.41, 5.74) is -3.88. The lowest BCUT2D eigenvalue weighted by Gasteiger charge is -2.33. The number of phenolic OH excluding ortho intramolecular Hbond substituents is 1. The van der Waals surface area contributed by atoms with E-state index in [1.54, 1.807) is 6.08 Å². The van der Waals surface area contributed by atoms with Gasteiger partial charge in [-0.25, -0.2) is 0 Å². The van der Waals surface area contributed by atoms with Gasteiger partial charge in [0.25, 0.3) is 0 Å². The van der Waals surface area contributed by atoms with Crippen LogP contribution >= 0.6 is 36.6 Å². The maximum atomic E-state index is 12.5. The van der Waals surface area contributed by atoms with Gasteiger partial charge in [0.2, 0.25) is 0 Å². The fourth-order valence-corrected chi connectivity index (χ4v) is 2.99. The lowest BCUT2D eigenvalue weighted by Crippen LogP contribution is -2.44. The Morgan fingerprint density at radius 3 is 2.39 bits per heavy atom. The molecule has 1 atom stereocenters. The molecule has 3 nitrogen and oxygen atoms in total. The Labute approximate surface area is 150 Å². The molecular weight excluding hydrogens is 372 g/mol. The molecule has 2 rings (SSSR count). The van der Waals surface area contributed by atoms with Crippen LogP contribution in [-0.2, 0) is 0 Å². The van der Waals surface area contributed by atoms with Crippen LogP contribution in [0.15, 0.2) is 35.7 Å². The second kappa shape index (κ2) is 9.64. The van der Waals surface area contributed by atoms with E-state index >= 15 is 0 Å². The second-order valence-electron chi connectivity index (χ2n) is 4.73. The smallest absolute Gasteiger partial charge is 0.446 e. The number of hydrogen-bond donors (Lipinski definition) is 2. The number of thioether (sulfide) groups is 1. The van der Waals surface area contributed by atoms with Gasteiger partial charge in [-0.05, 0) is 30.0 Å². The Balaban J connectivity index is 0.00000242. The maximum absolute atomic E-state index is 12.5. The largest absolute Gasteiger partial charge is 0.508 e. The Kier molecular flexibility index (Phi) is 9.39. The molecule has 1 aromatic rings. The molecule has 1 aromatic carbocycles. The third-order valence-corrected chi connectivity index (χ3v) is 4.04. The molecule has 1 saturated heterocycles. The summed E-state index contributed by atoms with van der Waals surface area (Å²) in [5, 5.41) is 13.2. The van der Waals surface area contributed by atoms with Crippen molar-refractivity contribution in [1.29, 1.82) is 0 Å². The summed E-state index contributed by atoms with van der Waals surface area (Å²) < 4.78 is 37.4. The number of alkyl halides is 3. The second-order valence-corrected chi connectivity index (χ2v) is 5.87. The van der Waals surface area contributed by atoms with Crippen molar-refractivity contribution >= 4 is 36.6 Å². The fourth-order valence-electron chi connectivity index (χ4n) is 2.40. The van der Waals surface area contributed by atoms with Crippen LogP contribution in [-0.4, -0.2) is 41.7 Å². The number of benzene rings is 1. The molecule has 0 spiro atoms. The lowest BCUT2D eigenvalue weighted by atomic mass is 10.0. The van der Waals surface area contributed by atoms with Crippen LogP contribution in [0.4, 0.5) is 13.2 Å². The van der Waals surface area contributed by atoms with Crippen molar-refractivity contribution in [2.45, 2.75) is 16.4 Å². The van der Waals surface area contributed by atoms with E-state index < -0.39 is 5.51 Å². The van der Waals surface area contributed by atoms with Crippen LogP contribution in [0.2, 0.25) is 0 Å². The molecule has 0 amide bonds. The predicted molar refractivity (Wildman–Crippen MR) is 91.9 cm³/mol. The average Bonchev–Trinajstić information content (AvgIpc) is 2.43. The summed E-state index contributed by atoms with van der Waals surface area (Å²) >= 11 is -0.178. The van der Waals surface area contributed by atoms with Crippen molar-refractivity contribution < 1.29 is 18.3 Å². The number of piperazine rings is 1. The number of halogens is 5. The normalized spacial score (nSPS) is 16.8. The third-order valence-electron chi connectivity index (χ3n) is 3.32. The van der Waals surface area contributed by atoms with Crippen LogP contribution in [0.1, 0.15) is 11.6 Å². The molecule has 132 valence electrons. The summed E-state index contributed by atoms with van der Waals surface area (Å²) in [6, 6.07) is 3.68. The molecule has 0 unspecified atom stereocenters. The molecule has 23 heavy (non-hydrogen) atoms. The molecule has 2 N–H and O–H groups in total. The van der Waals surface area contributed by atoms with Gasteiger partial charge in [0.15, 0.2) is 0 Å². The molecular formula is C14H19Cl2F3N2OS. The van der Waals surface area contributed by atoms with E-state index in [0.717, 1.165) is 26.2 Å². The van der Waals surface area contributed by atoms with E-state index in [0.29, 0.717) is 5.56 Å². The van der Waals surface area contributed by atoms with Gasteiger partial charge in [-0.1, -0.05) is 6.08 Å².